The molecule has 0 unspecified atom stereocenters. The number of amides is 2. The summed E-state index contributed by atoms with van der Waals surface area (Å²) >= 11 is 2.69. The molecule has 2 amide bonds. The van der Waals surface area contributed by atoms with Crippen molar-refractivity contribution in [2.24, 2.45) is 0 Å². The molecule has 0 aliphatic rings. The predicted molar refractivity (Wildman–Crippen MR) is 148 cm³/mol. The molecule has 5 nitrogen and oxygen atoms in total. The Labute approximate surface area is 205 Å². The molecular formula is C23H34N2O3S2Si2. The summed E-state index contributed by atoms with van der Waals surface area (Å²) in [7, 11) is 0.801. The van der Waals surface area contributed by atoms with Crippen LogP contribution in [0.2, 0.25) is 12.1 Å². The van der Waals surface area contributed by atoms with E-state index in [0.29, 0.717) is 0 Å². The number of carbonyl (C=O) groups excluding carboxylic acids is 2. The zero-order valence-electron chi connectivity index (χ0n) is 19.0. The molecule has 2 rings (SSSR count). The van der Waals surface area contributed by atoms with Gasteiger partial charge >= 0.3 is 0 Å². The maximum Gasteiger partial charge on any atom is 0.283 e. The van der Waals surface area contributed by atoms with E-state index in [-0.39, 0.29) is 10.5 Å². The Hall–Kier alpha value is -1.53. The average Bonchev–Trinajstić information content (AvgIpc) is 2.79. The van der Waals surface area contributed by atoms with Gasteiger partial charge in [-0.05, 0) is 67.6 Å². The standard InChI is InChI=1S/C23H34N2O3S2Si2/c1-2-28-32-16-4-14-30-23(27)25-21-11-7-19(8-12-21)17-18-5-9-20(10-6-18)24-22(26)29-13-3-15-31/h5-12H,2-4,13-17,32H2,1,31H3,(H,24,26)(H,25,27). The van der Waals surface area contributed by atoms with Crippen LogP contribution in [-0.2, 0) is 10.8 Å². The number of carbonyl (C=O) groups is 2. The van der Waals surface area contributed by atoms with Crippen LogP contribution >= 0.6 is 23.5 Å². The summed E-state index contributed by atoms with van der Waals surface area (Å²) in [4.78, 5) is 24.0. The van der Waals surface area contributed by atoms with Crippen LogP contribution in [0.25, 0.3) is 0 Å². The van der Waals surface area contributed by atoms with E-state index in [1.165, 1.54) is 50.9 Å². The fourth-order valence-electron chi connectivity index (χ4n) is 2.88. The van der Waals surface area contributed by atoms with E-state index < -0.39 is 9.76 Å². The highest BCUT2D eigenvalue weighted by molar-refractivity contribution is 8.14. The number of thioether (sulfide) groups is 2. The molecule has 2 aromatic carbocycles. The van der Waals surface area contributed by atoms with Crippen molar-refractivity contribution in [1.82, 2.24) is 0 Å². The lowest BCUT2D eigenvalue weighted by molar-refractivity contribution is 0.269. The maximum absolute atomic E-state index is 12.1. The number of anilines is 2. The second kappa shape index (κ2) is 16.1. The summed E-state index contributed by atoms with van der Waals surface area (Å²) in [6.45, 7) is 2.83. The van der Waals surface area contributed by atoms with Gasteiger partial charge in [-0.2, -0.15) is 0 Å². The van der Waals surface area contributed by atoms with E-state index in [0.717, 1.165) is 54.8 Å². The lowest BCUT2D eigenvalue weighted by Crippen LogP contribution is -2.06. The van der Waals surface area contributed by atoms with Gasteiger partial charge in [-0.1, -0.05) is 53.8 Å². The smallest absolute Gasteiger partial charge is 0.283 e. The van der Waals surface area contributed by atoms with Crippen molar-refractivity contribution in [3.63, 3.8) is 0 Å². The van der Waals surface area contributed by atoms with Crippen molar-refractivity contribution in [2.45, 2.75) is 38.3 Å². The van der Waals surface area contributed by atoms with Crippen LogP contribution in [0.1, 0.15) is 30.9 Å². The van der Waals surface area contributed by atoms with Crippen LogP contribution < -0.4 is 10.6 Å². The van der Waals surface area contributed by atoms with Crippen molar-refractivity contribution in [3.8, 4) is 0 Å². The maximum atomic E-state index is 12.1. The molecule has 0 radical (unpaired) electrons. The van der Waals surface area contributed by atoms with Crippen molar-refractivity contribution < 1.29 is 14.0 Å². The van der Waals surface area contributed by atoms with E-state index >= 15 is 0 Å². The summed E-state index contributed by atoms with van der Waals surface area (Å²) in [5, 5.41) is 5.88. The van der Waals surface area contributed by atoms with E-state index in [2.05, 4.69) is 10.6 Å². The molecule has 0 aliphatic carbocycles. The monoisotopic (exact) mass is 506 g/mol. The van der Waals surface area contributed by atoms with Gasteiger partial charge in [-0.15, -0.1) is 0 Å². The summed E-state index contributed by atoms with van der Waals surface area (Å²) in [5.41, 5.74) is 3.99. The van der Waals surface area contributed by atoms with Crippen molar-refractivity contribution in [1.29, 1.82) is 0 Å². The normalized spacial score (nSPS) is 11.2. The molecule has 0 aromatic heterocycles. The zero-order chi connectivity index (χ0) is 23.0. The van der Waals surface area contributed by atoms with Gasteiger partial charge in [0.15, 0.2) is 9.76 Å². The van der Waals surface area contributed by atoms with Gasteiger partial charge in [0.25, 0.3) is 10.5 Å². The van der Waals surface area contributed by atoms with Gasteiger partial charge in [0.2, 0.25) is 0 Å². The minimum absolute atomic E-state index is 0.0102. The quantitative estimate of drug-likeness (QED) is 0.298. The van der Waals surface area contributed by atoms with Crippen molar-refractivity contribution in [3.05, 3.63) is 59.7 Å². The van der Waals surface area contributed by atoms with Crippen LogP contribution in [0, 0.1) is 0 Å². The predicted octanol–water partition coefficient (Wildman–Crippen LogP) is 4.91. The van der Waals surface area contributed by atoms with Crippen LogP contribution in [0.5, 0.6) is 0 Å². The Morgan fingerprint density at radius 3 is 1.84 bits per heavy atom. The second-order valence-corrected chi connectivity index (χ2v) is 12.0. The van der Waals surface area contributed by atoms with E-state index in [1.54, 1.807) is 0 Å². The number of nitrogens with one attached hydrogen (secondary N) is 2. The minimum atomic E-state index is -0.396. The number of hydrogen-bond acceptors (Lipinski definition) is 5. The van der Waals surface area contributed by atoms with Crippen LogP contribution in [0.4, 0.5) is 21.0 Å². The molecule has 2 aromatic rings. The Balaban J connectivity index is 1.72. The molecule has 0 heterocycles. The van der Waals surface area contributed by atoms with Gasteiger partial charge in [0, 0.05) is 39.7 Å². The fraction of sp³-hybridized carbons (Fsp3) is 0.391. The molecule has 0 fully saturated rings. The topological polar surface area (TPSA) is 67.4 Å². The van der Waals surface area contributed by atoms with E-state index in [4.69, 9.17) is 4.43 Å². The third-order valence-electron chi connectivity index (χ3n) is 4.66. The largest absolute Gasteiger partial charge is 0.424 e. The Kier molecular flexibility index (Phi) is 13.5. The third-order valence-corrected chi connectivity index (χ3v) is 8.57. The SMILES string of the molecule is CCO[SiH2]CCCSC(=O)Nc1ccc(Cc2ccc(NC(=O)SCCC[SiH3])cc2)cc1. The first-order valence-electron chi connectivity index (χ1n) is 11.2. The molecule has 0 bridgehead atoms. The summed E-state index contributed by atoms with van der Waals surface area (Å²) in [5.74, 6) is 1.72. The van der Waals surface area contributed by atoms with Crippen LogP contribution in [0.15, 0.2) is 48.5 Å². The molecule has 0 atom stereocenters. The summed E-state index contributed by atoms with van der Waals surface area (Å²) < 4.78 is 5.44. The lowest BCUT2D eigenvalue weighted by Gasteiger charge is -2.08. The third kappa shape index (κ3) is 11.4. The minimum Gasteiger partial charge on any atom is -0.424 e. The fourth-order valence-corrected chi connectivity index (χ4v) is 6.59. The molecule has 174 valence electrons. The lowest BCUT2D eigenvalue weighted by atomic mass is 10.0. The first-order chi connectivity index (χ1) is 15.6. The highest BCUT2D eigenvalue weighted by atomic mass is 32.2. The first-order valence-corrected chi connectivity index (χ1v) is 16.2. The van der Waals surface area contributed by atoms with Crippen LogP contribution in [-0.4, -0.2) is 48.6 Å². The van der Waals surface area contributed by atoms with Crippen LogP contribution in [0.3, 0.4) is 0 Å². The zero-order valence-corrected chi connectivity index (χ0v) is 24.1. The van der Waals surface area contributed by atoms with Gasteiger partial charge in [-0.25, -0.2) is 0 Å². The second-order valence-electron chi connectivity index (χ2n) is 7.35. The van der Waals surface area contributed by atoms with Crippen molar-refractivity contribution in [2.75, 3.05) is 28.7 Å². The van der Waals surface area contributed by atoms with E-state index in [1.807, 2.05) is 55.5 Å². The summed E-state index contributed by atoms with van der Waals surface area (Å²) in [6.07, 6.45) is 2.95. The number of hydrogen-bond donors (Lipinski definition) is 2. The average molecular weight is 507 g/mol. The summed E-state index contributed by atoms with van der Waals surface area (Å²) in [6, 6.07) is 18.3. The highest BCUT2D eigenvalue weighted by Gasteiger charge is 2.05. The molecule has 9 heteroatoms. The number of rotatable bonds is 13. The van der Waals surface area contributed by atoms with Gasteiger partial charge in [0.05, 0.1) is 0 Å². The van der Waals surface area contributed by atoms with Gasteiger partial charge < -0.3 is 15.1 Å². The molecule has 0 aliphatic heterocycles. The van der Waals surface area contributed by atoms with Gasteiger partial charge in [-0.3, -0.25) is 9.59 Å². The Bertz CT molecular complexity index is 821. The molecular weight excluding hydrogens is 473 g/mol. The number of benzene rings is 2. The highest BCUT2D eigenvalue weighted by Crippen LogP contribution is 2.18. The van der Waals surface area contributed by atoms with E-state index in [9.17, 15) is 9.59 Å². The molecule has 0 spiro atoms. The van der Waals surface area contributed by atoms with Crippen molar-refractivity contribution >= 4 is 65.4 Å². The van der Waals surface area contributed by atoms with Gasteiger partial charge in [0.1, 0.15) is 0 Å². The molecule has 0 saturated carbocycles. The molecule has 32 heavy (non-hydrogen) atoms. The first kappa shape index (κ1) is 26.7. The Morgan fingerprint density at radius 1 is 0.875 bits per heavy atom. The molecule has 0 saturated heterocycles. The molecule has 2 N–H and O–H groups in total. The Morgan fingerprint density at radius 2 is 1.38 bits per heavy atom.